The number of aromatic nitrogens is 2. The number of hydrogen-bond donors (Lipinski definition) is 2. The molecular formula is C12H19N3S2. The highest BCUT2D eigenvalue weighted by atomic mass is 32.2. The van der Waals surface area contributed by atoms with Crippen molar-refractivity contribution < 1.29 is 0 Å². The van der Waals surface area contributed by atoms with Crippen LogP contribution in [0.1, 0.15) is 17.7 Å². The maximum absolute atomic E-state index is 4.14. The average Bonchev–Trinajstić information content (AvgIpc) is 2.65. The number of thioether (sulfide) groups is 2. The van der Waals surface area contributed by atoms with E-state index in [-0.39, 0.29) is 0 Å². The number of fused-ring (bicyclic) bond motifs is 1. The van der Waals surface area contributed by atoms with Gasteiger partial charge in [0.2, 0.25) is 0 Å². The Morgan fingerprint density at radius 3 is 2.88 bits per heavy atom. The van der Waals surface area contributed by atoms with E-state index in [1.54, 1.807) is 0 Å². The number of nitrogens with one attached hydrogen (secondary N) is 2. The first kappa shape index (κ1) is 11.9. The van der Waals surface area contributed by atoms with Gasteiger partial charge < -0.3 is 5.32 Å². The molecule has 5 heteroatoms. The molecule has 0 saturated carbocycles. The van der Waals surface area contributed by atoms with E-state index in [0.717, 1.165) is 6.42 Å². The van der Waals surface area contributed by atoms with Crippen LogP contribution in [-0.4, -0.2) is 45.3 Å². The summed E-state index contributed by atoms with van der Waals surface area (Å²) >= 11 is 4.19. The molecule has 3 nitrogen and oxygen atoms in total. The van der Waals surface area contributed by atoms with Crippen LogP contribution < -0.4 is 5.32 Å². The standard InChI is InChI=1S/C12H19N3S2/c1-2-10(5-12-9(1)6-13-15-12)14-11-7-16-3-4-17-8-11/h6,10-11,14H,1-5,7-8H2,(H,13,15). The summed E-state index contributed by atoms with van der Waals surface area (Å²) in [4.78, 5) is 0. The van der Waals surface area contributed by atoms with Gasteiger partial charge in [-0.3, -0.25) is 5.10 Å². The zero-order chi connectivity index (χ0) is 11.5. The molecule has 3 rings (SSSR count). The smallest absolute Gasteiger partial charge is 0.0522 e. The van der Waals surface area contributed by atoms with Crippen LogP contribution in [-0.2, 0) is 12.8 Å². The van der Waals surface area contributed by atoms with E-state index >= 15 is 0 Å². The van der Waals surface area contributed by atoms with Crippen molar-refractivity contribution in [3.8, 4) is 0 Å². The van der Waals surface area contributed by atoms with Crippen molar-refractivity contribution >= 4 is 23.5 Å². The third kappa shape index (κ3) is 3.01. The highest BCUT2D eigenvalue weighted by Crippen LogP contribution is 2.21. The summed E-state index contributed by atoms with van der Waals surface area (Å²) in [6, 6.07) is 1.34. The third-order valence-electron chi connectivity index (χ3n) is 3.50. The van der Waals surface area contributed by atoms with Crippen molar-refractivity contribution in [3.63, 3.8) is 0 Å². The van der Waals surface area contributed by atoms with Gasteiger partial charge >= 0.3 is 0 Å². The number of aryl methyl sites for hydroxylation is 1. The Bertz CT molecular complexity index is 358. The number of H-pyrrole nitrogens is 1. The van der Waals surface area contributed by atoms with Crippen LogP contribution in [0.3, 0.4) is 0 Å². The van der Waals surface area contributed by atoms with Crippen LogP contribution >= 0.6 is 23.5 Å². The van der Waals surface area contributed by atoms with Gasteiger partial charge in [-0.2, -0.15) is 28.6 Å². The Morgan fingerprint density at radius 1 is 1.24 bits per heavy atom. The van der Waals surface area contributed by atoms with Crippen molar-refractivity contribution in [2.75, 3.05) is 23.0 Å². The number of rotatable bonds is 2. The Kier molecular flexibility index (Phi) is 3.98. The van der Waals surface area contributed by atoms with Crippen molar-refractivity contribution in [2.45, 2.75) is 31.3 Å². The summed E-state index contributed by atoms with van der Waals surface area (Å²) in [6.45, 7) is 0. The predicted octanol–water partition coefficient (Wildman–Crippen LogP) is 1.71. The molecule has 1 aliphatic heterocycles. The van der Waals surface area contributed by atoms with Gasteiger partial charge in [-0.25, -0.2) is 0 Å². The van der Waals surface area contributed by atoms with Gasteiger partial charge in [-0.15, -0.1) is 0 Å². The Balaban J connectivity index is 1.56. The molecule has 1 aromatic heterocycles. The zero-order valence-electron chi connectivity index (χ0n) is 9.95. The van der Waals surface area contributed by atoms with E-state index in [2.05, 4.69) is 39.0 Å². The van der Waals surface area contributed by atoms with Gasteiger partial charge in [0.05, 0.1) is 6.20 Å². The van der Waals surface area contributed by atoms with Gasteiger partial charge in [-0.05, 0) is 18.4 Å². The zero-order valence-corrected chi connectivity index (χ0v) is 11.6. The van der Waals surface area contributed by atoms with Gasteiger partial charge in [0.15, 0.2) is 0 Å². The van der Waals surface area contributed by atoms with Gasteiger partial charge in [0, 0.05) is 47.2 Å². The molecular weight excluding hydrogens is 250 g/mol. The Morgan fingerprint density at radius 2 is 2.06 bits per heavy atom. The normalized spacial score (nSPS) is 26.5. The molecule has 0 amide bonds. The van der Waals surface area contributed by atoms with Crippen LogP contribution in [0.2, 0.25) is 0 Å². The van der Waals surface area contributed by atoms with Crippen molar-refractivity contribution in [2.24, 2.45) is 0 Å². The summed E-state index contributed by atoms with van der Waals surface area (Å²) in [5, 5.41) is 11.1. The van der Waals surface area contributed by atoms with Gasteiger partial charge in [-0.1, -0.05) is 0 Å². The minimum absolute atomic E-state index is 0.646. The number of aromatic amines is 1. The van der Waals surface area contributed by atoms with Gasteiger partial charge in [0.25, 0.3) is 0 Å². The fourth-order valence-electron chi connectivity index (χ4n) is 2.60. The van der Waals surface area contributed by atoms with E-state index in [1.807, 2.05) is 6.20 Å². The van der Waals surface area contributed by atoms with Crippen molar-refractivity contribution in [1.29, 1.82) is 0 Å². The summed E-state index contributed by atoms with van der Waals surface area (Å²) in [5.74, 6) is 5.19. The molecule has 1 saturated heterocycles. The van der Waals surface area contributed by atoms with Gasteiger partial charge in [0.1, 0.15) is 0 Å². The lowest BCUT2D eigenvalue weighted by Crippen LogP contribution is -2.44. The van der Waals surface area contributed by atoms with E-state index in [4.69, 9.17) is 0 Å². The first-order valence-electron chi connectivity index (χ1n) is 6.34. The maximum Gasteiger partial charge on any atom is 0.0522 e. The lowest BCUT2D eigenvalue weighted by molar-refractivity contribution is 0.424. The van der Waals surface area contributed by atoms with E-state index in [1.165, 1.54) is 47.1 Å². The molecule has 0 aromatic carbocycles. The monoisotopic (exact) mass is 269 g/mol. The van der Waals surface area contributed by atoms with Crippen molar-refractivity contribution in [1.82, 2.24) is 15.5 Å². The van der Waals surface area contributed by atoms with E-state index in [0.29, 0.717) is 12.1 Å². The molecule has 1 fully saturated rings. The van der Waals surface area contributed by atoms with Crippen LogP contribution in [0.5, 0.6) is 0 Å². The first-order chi connectivity index (χ1) is 8.42. The molecule has 2 N–H and O–H groups in total. The molecule has 2 aliphatic rings. The second-order valence-electron chi connectivity index (χ2n) is 4.83. The topological polar surface area (TPSA) is 40.7 Å². The fraction of sp³-hybridized carbons (Fsp3) is 0.750. The molecule has 0 radical (unpaired) electrons. The van der Waals surface area contributed by atoms with Crippen LogP contribution in [0.4, 0.5) is 0 Å². The first-order valence-corrected chi connectivity index (χ1v) is 8.65. The average molecular weight is 269 g/mol. The summed E-state index contributed by atoms with van der Waals surface area (Å²) in [7, 11) is 0. The predicted molar refractivity (Wildman–Crippen MR) is 76.0 cm³/mol. The largest absolute Gasteiger partial charge is 0.309 e. The quantitative estimate of drug-likeness (QED) is 0.857. The second-order valence-corrected chi connectivity index (χ2v) is 7.13. The fourth-order valence-corrected chi connectivity index (χ4v) is 5.02. The highest BCUT2D eigenvalue weighted by molar-refractivity contribution is 8.03. The lowest BCUT2D eigenvalue weighted by Gasteiger charge is -2.27. The minimum atomic E-state index is 0.646. The molecule has 0 bridgehead atoms. The molecule has 0 spiro atoms. The van der Waals surface area contributed by atoms with Crippen LogP contribution in [0.25, 0.3) is 0 Å². The highest BCUT2D eigenvalue weighted by Gasteiger charge is 2.23. The number of hydrogen-bond acceptors (Lipinski definition) is 4. The maximum atomic E-state index is 4.14. The molecule has 1 aliphatic carbocycles. The van der Waals surface area contributed by atoms with E-state index < -0.39 is 0 Å². The Labute approximate surface area is 111 Å². The third-order valence-corrected chi connectivity index (χ3v) is 6.02. The Hall–Kier alpha value is -0.130. The van der Waals surface area contributed by atoms with Crippen LogP contribution in [0.15, 0.2) is 6.20 Å². The minimum Gasteiger partial charge on any atom is -0.309 e. The number of nitrogens with zero attached hydrogens (tertiary/aromatic N) is 1. The second kappa shape index (κ2) is 5.67. The van der Waals surface area contributed by atoms with Crippen LogP contribution in [0, 0.1) is 0 Å². The molecule has 17 heavy (non-hydrogen) atoms. The summed E-state index contributed by atoms with van der Waals surface area (Å²) in [6.07, 6.45) is 5.55. The van der Waals surface area contributed by atoms with Crippen molar-refractivity contribution in [3.05, 3.63) is 17.5 Å². The molecule has 1 unspecified atom stereocenters. The molecule has 94 valence electrons. The summed E-state index contributed by atoms with van der Waals surface area (Å²) in [5.41, 5.74) is 2.77. The summed E-state index contributed by atoms with van der Waals surface area (Å²) < 4.78 is 0. The lowest BCUT2D eigenvalue weighted by atomic mass is 9.93. The molecule has 1 atom stereocenters. The SMILES string of the molecule is c1n[nH]c2c1CCC(NC1CSCCSC1)C2. The molecule has 1 aromatic rings. The van der Waals surface area contributed by atoms with E-state index in [9.17, 15) is 0 Å². The molecule has 2 heterocycles.